The van der Waals surface area contributed by atoms with Crippen LogP contribution in [0, 0.1) is 0 Å². The van der Waals surface area contributed by atoms with Crippen LogP contribution in [0.15, 0.2) is 11.1 Å². The van der Waals surface area contributed by atoms with E-state index >= 15 is 0 Å². The van der Waals surface area contributed by atoms with Crippen LogP contribution in [0.3, 0.4) is 0 Å². The lowest BCUT2D eigenvalue weighted by atomic mass is 10.5. The van der Waals surface area contributed by atoms with Gasteiger partial charge in [0.2, 0.25) is 5.95 Å². The van der Waals surface area contributed by atoms with Crippen molar-refractivity contribution in [3.63, 3.8) is 0 Å². The molecular weight excluding hydrogens is 384 g/mol. The molecule has 0 unspecified atom stereocenters. The second-order valence-corrected chi connectivity index (χ2v) is 8.36. The van der Waals surface area contributed by atoms with E-state index < -0.39 is 21.1 Å². The first-order valence-electron chi connectivity index (χ1n) is 6.41. The van der Waals surface area contributed by atoms with Crippen LogP contribution in [0.2, 0.25) is 0 Å². The fourth-order valence-electron chi connectivity index (χ4n) is 1.53. The number of hydrogen-bond acceptors (Lipinski definition) is 8. The van der Waals surface area contributed by atoms with Crippen molar-refractivity contribution in [2.45, 2.75) is 6.73 Å². The maximum absolute atomic E-state index is 11.4. The number of nitrogen functional groups attached to an aromatic ring is 1. The Bertz CT molecular complexity index is 833. The van der Waals surface area contributed by atoms with Crippen LogP contribution in [-0.4, -0.2) is 63.3 Å². The predicted octanol–water partition coefficient (Wildman–Crippen LogP) is -2.03. The van der Waals surface area contributed by atoms with Gasteiger partial charge in [-0.05, 0) is 0 Å². The molecule has 16 heteroatoms. The standard InChI is InChI=1S/C8H11N5O3.CH6O6P2/c9-8-11-6-5(7(15)12-8)10-3-13(6)4-16-2-1-14;2-8(3,4)1-9(5,6)7/h3,14H,1-2,4H2,(H3,9,11,12,15);1H2,(H2,2,3,4)(H2,5,6,7). The molecule has 0 saturated carbocycles. The molecule has 14 nitrogen and oxygen atoms in total. The first-order chi connectivity index (χ1) is 11.4. The molecule has 2 aromatic heterocycles. The molecule has 2 heterocycles. The molecule has 142 valence electrons. The van der Waals surface area contributed by atoms with Gasteiger partial charge in [0.1, 0.15) is 6.73 Å². The van der Waals surface area contributed by atoms with E-state index in [1.807, 2.05) is 0 Å². The Morgan fingerprint density at radius 2 is 1.84 bits per heavy atom. The van der Waals surface area contributed by atoms with Crippen LogP contribution in [0.5, 0.6) is 0 Å². The molecule has 0 spiro atoms. The molecule has 2 aromatic rings. The Hall–Kier alpha value is -1.63. The Morgan fingerprint density at radius 1 is 1.24 bits per heavy atom. The molecule has 25 heavy (non-hydrogen) atoms. The van der Waals surface area contributed by atoms with Crippen molar-refractivity contribution in [3.05, 3.63) is 16.7 Å². The van der Waals surface area contributed by atoms with E-state index in [1.54, 1.807) is 0 Å². The zero-order chi connectivity index (χ0) is 19.3. The summed E-state index contributed by atoms with van der Waals surface area (Å²) in [4.78, 5) is 53.5. The number of ether oxygens (including phenoxy) is 1. The Kier molecular flexibility index (Phi) is 7.41. The van der Waals surface area contributed by atoms with Gasteiger partial charge in [-0.15, -0.1) is 0 Å². The van der Waals surface area contributed by atoms with Crippen molar-refractivity contribution in [1.82, 2.24) is 19.5 Å². The minimum Gasteiger partial charge on any atom is -0.394 e. The molecule has 0 amide bonds. The van der Waals surface area contributed by atoms with Crippen molar-refractivity contribution in [2.24, 2.45) is 0 Å². The van der Waals surface area contributed by atoms with Gasteiger partial charge < -0.3 is 35.2 Å². The summed E-state index contributed by atoms with van der Waals surface area (Å²) < 4.78 is 26.3. The number of aliphatic hydroxyl groups is 1. The van der Waals surface area contributed by atoms with Crippen LogP contribution < -0.4 is 11.3 Å². The zero-order valence-corrected chi connectivity index (χ0v) is 14.4. The van der Waals surface area contributed by atoms with E-state index in [2.05, 4.69) is 15.0 Å². The third-order valence-electron chi connectivity index (χ3n) is 2.33. The van der Waals surface area contributed by atoms with Crippen molar-refractivity contribution in [3.8, 4) is 0 Å². The summed E-state index contributed by atoms with van der Waals surface area (Å²) in [7, 11) is -9.10. The third kappa shape index (κ3) is 7.86. The van der Waals surface area contributed by atoms with Crippen LogP contribution in [0.1, 0.15) is 0 Å². The molecule has 0 saturated heterocycles. The first kappa shape index (κ1) is 21.4. The number of aliphatic hydroxyl groups excluding tert-OH is 1. The molecule has 2 rings (SSSR count). The summed E-state index contributed by atoms with van der Waals surface area (Å²) >= 11 is 0. The number of imidazole rings is 1. The van der Waals surface area contributed by atoms with Gasteiger partial charge in [-0.25, -0.2) is 4.98 Å². The molecule has 0 aliphatic carbocycles. The van der Waals surface area contributed by atoms with E-state index in [0.717, 1.165) is 0 Å². The maximum atomic E-state index is 11.4. The van der Waals surface area contributed by atoms with E-state index in [9.17, 15) is 13.9 Å². The molecule has 0 bridgehead atoms. The fraction of sp³-hybridized carbons (Fsp3) is 0.444. The van der Waals surface area contributed by atoms with Crippen LogP contribution >= 0.6 is 15.2 Å². The number of anilines is 1. The second-order valence-electron chi connectivity index (χ2n) is 4.57. The minimum atomic E-state index is -4.55. The third-order valence-corrected chi connectivity index (χ3v) is 5.28. The van der Waals surface area contributed by atoms with Gasteiger partial charge in [0.15, 0.2) is 17.1 Å². The number of nitrogens with one attached hydrogen (secondary N) is 1. The van der Waals surface area contributed by atoms with Crippen molar-refractivity contribution < 1.29 is 38.5 Å². The highest BCUT2D eigenvalue weighted by Gasteiger charge is 2.26. The van der Waals surface area contributed by atoms with Gasteiger partial charge in [-0.1, -0.05) is 0 Å². The number of hydrogen-bond donors (Lipinski definition) is 7. The largest absolute Gasteiger partial charge is 0.394 e. The zero-order valence-electron chi connectivity index (χ0n) is 12.6. The molecule has 0 aliphatic rings. The molecule has 0 radical (unpaired) electrons. The fourth-order valence-corrected chi connectivity index (χ4v) is 3.45. The highest BCUT2D eigenvalue weighted by molar-refractivity contribution is 7.69. The second kappa shape index (κ2) is 8.65. The maximum Gasteiger partial charge on any atom is 0.337 e. The quantitative estimate of drug-likeness (QED) is 0.205. The van der Waals surface area contributed by atoms with Crippen molar-refractivity contribution in [1.29, 1.82) is 0 Å². The number of nitrogens with two attached hydrogens (primary N) is 1. The van der Waals surface area contributed by atoms with Crippen molar-refractivity contribution in [2.75, 3.05) is 24.9 Å². The van der Waals surface area contributed by atoms with Gasteiger partial charge in [-0.3, -0.25) is 23.5 Å². The van der Waals surface area contributed by atoms with Crippen LogP contribution in [0.4, 0.5) is 5.95 Å². The normalized spacial score (nSPS) is 12.0. The highest BCUT2D eigenvalue weighted by Crippen LogP contribution is 2.51. The first-order valence-corrected chi connectivity index (χ1v) is 10.0. The van der Waals surface area contributed by atoms with Crippen LogP contribution in [0.25, 0.3) is 11.2 Å². The molecule has 8 N–H and O–H groups in total. The Balaban J connectivity index is 0.000000299. The smallest absolute Gasteiger partial charge is 0.337 e. The topological polar surface area (TPSA) is 234 Å². The monoisotopic (exact) mass is 401 g/mol. The summed E-state index contributed by atoms with van der Waals surface area (Å²) in [5.74, 6) is -1.35. The Labute approximate surface area is 139 Å². The summed E-state index contributed by atoms with van der Waals surface area (Å²) in [6.45, 7) is 0.300. The lowest BCUT2D eigenvalue weighted by molar-refractivity contribution is 0.0499. The molecular formula is C9H17N5O9P2. The highest BCUT2D eigenvalue weighted by atomic mass is 31.2. The molecule has 0 atom stereocenters. The lowest BCUT2D eigenvalue weighted by Gasteiger charge is -2.03. The van der Waals surface area contributed by atoms with E-state index in [-0.39, 0.29) is 37.0 Å². The summed E-state index contributed by atoms with van der Waals surface area (Å²) in [6.07, 6.45) is 1.43. The van der Waals surface area contributed by atoms with Gasteiger partial charge in [0.25, 0.3) is 5.56 Å². The molecule has 0 aromatic carbocycles. The summed E-state index contributed by atoms with van der Waals surface area (Å²) in [5.41, 5.74) is 5.60. The van der Waals surface area contributed by atoms with Crippen molar-refractivity contribution >= 4 is 32.3 Å². The number of nitrogens with zero attached hydrogens (tertiary/aromatic N) is 3. The van der Waals surface area contributed by atoms with E-state index in [1.165, 1.54) is 10.9 Å². The van der Waals surface area contributed by atoms with Gasteiger partial charge in [0.05, 0.1) is 19.5 Å². The van der Waals surface area contributed by atoms with E-state index in [0.29, 0.717) is 5.65 Å². The average molecular weight is 401 g/mol. The number of rotatable bonds is 6. The van der Waals surface area contributed by atoms with Crippen LogP contribution in [-0.2, 0) is 20.6 Å². The van der Waals surface area contributed by atoms with E-state index in [4.69, 9.17) is 35.2 Å². The number of fused-ring (bicyclic) bond motifs is 1. The minimum absolute atomic E-state index is 0.0291. The summed E-state index contributed by atoms with van der Waals surface area (Å²) in [5, 5.41) is 8.56. The number of aromatic amines is 1. The van der Waals surface area contributed by atoms with Gasteiger partial charge in [-0.2, -0.15) is 4.98 Å². The Morgan fingerprint density at radius 3 is 2.32 bits per heavy atom. The molecule has 0 aliphatic heterocycles. The predicted molar refractivity (Wildman–Crippen MR) is 84.6 cm³/mol. The summed E-state index contributed by atoms with van der Waals surface area (Å²) in [6, 6.07) is 0. The van der Waals surface area contributed by atoms with Gasteiger partial charge in [0, 0.05) is 0 Å². The average Bonchev–Trinajstić information content (AvgIpc) is 2.79. The SMILES string of the molecule is Nc1nc2c(ncn2COCCO)c(=O)[nH]1.O=P(O)(O)CP(=O)(O)O. The number of H-pyrrole nitrogens is 1. The van der Waals surface area contributed by atoms with Gasteiger partial charge >= 0.3 is 15.2 Å². The number of aromatic nitrogens is 4. The lowest BCUT2D eigenvalue weighted by Crippen LogP contribution is -2.13. The molecule has 0 fully saturated rings.